The lowest BCUT2D eigenvalue weighted by atomic mass is 10.2. The second-order valence-corrected chi connectivity index (χ2v) is 4.82. The number of aryl methyl sites for hydroxylation is 1. The third-order valence-corrected chi connectivity index (χ3v) is 3.59. The average molecular weight is 230 g/mol. The lowest BCUT2D eigenvalue weighted by Gasteiger charge is -2.10. The van der Waals surface area contributed by atoms with Gasteiger partial charge < -0.3 is 10.8 Å². The summed E-state index contributed by atoms with van der Waals surface area (Å²) in [6.07, 6.45) is 0. The van der Waals surface area contributed by atoms with Crippen LogP contribution in [0.25, 0.3) is 0 Å². The first kappa shape index (κ1) is 12.0. The van der Waals surface area contributed by atoms with E-state index in [0.29, 0.717) is 5.56 Å². The Morgan fingerprint density at radius 3 is 2.67 bits per heavy atom. The molecule has 1 rings (SSSR count). The molecule has 0 fully saturated rings. The Balaban J connectivity index is 3.15. The van der Waals surface area contributed by atoms with Gasteiger partial charge in [0.15, 0.2) is 0 Å². The van der Waals surface area contributed by atoms with Gasteiger partial charge in [-0.3, -0.25) is 0 Å². The molecule has 1 aromatic rings. The second kappa shape index (κ2) is 4.61. The van der Waals surface area contributed by atoms with Crippen LogP contribution in [0.5, 0.6) is 0 Å². The summed E-state index contributed by atoms with van der Waals surface area (Å²) in [4.78, 5) is 0.0819. The molecular weight excluding hydrogens is 216 g/mol. The first-order valence-corrected chi connectivity index (χ1v) is 5.93. The topological polar surface area (TPSA) is 92.4 Å². The van der Waals surface area contributed by atoms with Crippen molar-refractivity contribution in [2.24, 2.45) is 0 Å². The fraction of sp³-hybridized carbons (Fsp3) is 0.333. The number of nitrogens with one attached hydrogen (secondary N) is 1. The van der Waals surface area contributed by atoms with Crippen LogP contribution in [0.3, 0.4) is 0 Å². The van der Waals surface area contributed by atoms with Crippen LogP contribution in [-0.4, -0.2) is 26.7 Å². The highest BCUT2D eigenvalue weighted by atomic mass is 32.2. The molecule has 6 heteroatoms. The zero-order valence-electron chi connectivity index (χ0n) is 8.40. The van der Waals surface area contributed by atoms with Crippen LogP contribution < -0.4 is 10.5 Å². The molecule has 0 bridgehead atoms. The number of nitrogens with two attached hydrogens (primary N) is 1. The molecule has 15 heavy (non-hydrogen) atoms. The van der Waals surface area contributed by atoms with E-state index in [2.05, 4.69) is 4.72 Å². The standard InChI is InChI=1S/C9H14N2O3S/c1-7-3-2-4-8(10)9(7)15(13,14)11-5-6-12/h2-4,11-12H,5-6,10H2,1H3. The van der Waals surface area contributed by atoms with Gasteiger partial charge in [0.1, 0.15) is 4.90 Å². The predicted molar refractivity (Wildman–Crippen MR) is 57.9 cm³/mol. The zero-order chi connectivity index (χ0) is 11.5. The Hall–Kier alpha value is -1.11. The number of hydrogen-bond donors (Lipinski definition) is 3. The molecule has 0 aliphatic carbocycles. The van der Waals surface area contributed by atoms with Crippen molar-refractivity contribution in [1.82, 2.24) is 4.72 Å². The molecule has 0 unspecified atom stereocenters. The maximum atomic E-state index is 11.7. The Morgan fingerprint density at radius 1 is 1.47 bits per heavy atom. The number of anilines is 1. The number of hydrogen-bond acceptors (Lipinski definition) is 4. The lowest BCUT2D eigenvalue weighted by Crippen LogP contribution is -2.28. The smallest absolute Gasteiger partial charge is 0.242 e. The summed E-state index contributed by atoms with van der Waals surface area (Å²) in [7, 11) is -3.62. The Labute approximate surface area is 89.0 Å². The van der Waals surface area contributed by atoms with Gasteiger partial charge in [0.2, 0.25) is 10.0 Å². The van der Waals surface area contributed by atoms with Gasteiger partial charge in [-0.25, -0.2) is 13.1 Å². The van der Waals surface area contributed by atoms with Gasteiger partial charge in [-0.2, -0.15) is 0 Å². The van der Waals surface area contributed by atoms with Crippen molar-refractivity contribution in [3.05, 3.63) is 23.8 Å². The molecule has 0 saturated carbocycles. The fourth-order valence-corrected chi connectivity index (χ4v) is 2.67. The zero-order valence-corrected chi connectivity index (χ0v) is 9.21. The SMILES string of the molecule is Cc1cccc(N)c1S(=O)(=O)NCCO. The predicted octanol–water partition coefficient (Wildman–Crippen LogP) is -0.152. The van der Waals surface area contributed by atoms with Gasteiger partial charge >= 0.3 is 0 Å². The summed E-state index contributed by atoms with van der Waals surface area (Å²) >= 11 is 0. The monoisotopic (exact) mass is 230 g/mol. The van der Waals surface area contributed by atoms with Gasteiger partial charge in [-0.15, -0.1) is 0 Å². The van der Waals surface area contributed by atoms with Crippen LogP contribution in [0.2, 0.25) is 0 Å². The molecule has 0 radical (unpaired) electrons. The van der Waals surface area contributed by atoms with Gasteiger partial charge in [0.05, 0.1) is 12.3 Å². The van der Waals surface area contributed by atoms with E-state index in [1.807, 2.05) is 0 Å². The summed E-state index contributed by atoms with van der Waals surface area (Å²) < 4.78 is 25.7. The summed E-state index contributed by atoms with van der Waals surface area (Å²) in [6, 6.07) is 4.89. The molecule has 0 aliphatic heterocycles. The first-order chi connectivity index (χ1) is 6.99. The molecule has 0 atom stereocenters. The third-order valence-electron chi connectivity index (χ3n) is 1.91. The van der Waals surface area contributed by atoms with E-state index in [-0.39, 0.29) is 23.7 Å². The molecule has 0 amide bonds. The number of nitrogen functional groups attached to an aromatic ring is 1. The number of sulfonamides is 1. The quantitative estimate of drug-likeness (QED) is 0.627. The molecule has 0 spiro atoms. The molecule has 0 aliphatic rings. The van der Waals surface area contributed by atoms with Crippen molar-refractivity contribution in [3.63, 3.8) is 0 Å². The van der Waals surface area contributed by atoms with E-state index >= 15 is 0 Å². The molecule has 0 aromatic heterocycles. The third kappa shape index (κ3) is 2.68. The molecular formula is C9H14N2O3S. The van der Waals surface area contributed by atoms with Gasteiger partial charge in [0.25, 0.3) is 0 Å². The number of aliphatic hydroxyl groups excluding tert-OH is 1. The molecule has 0 saturated heterocycles. The lowest BCUT2D eigenvalue weighted by molar-refractivity contribution is 0.301. The van der Waals surface area contributed by atoms with Crippen LogP contribution in [0.4, 0.5) is 5.69 Å². The van der Waals surface area contributed by atoms with Crippen molar-refractivity contribution in [1.29, 1.82) is 0 Å². The molecule has 0 heterocycles. The van der Waals surface area contributed by atoms with Gasteiger partial charge in [0, 0.05) is 6.54 Å². The maximum absolute atomic E-state index is 11.7. The van der Waals surface area contributed by atoms with E-state index in [4.69, 9.17) is 10.8 Å². The first-order valence-electron chi connectivity index (χ1n) is 4.44. The largest absolute Gasteiger partial charge is 0.398 e. The van der Waals surface area contributed by atoms with Crippen LogP contribution >= 0.6 is 0 Å². The van der Waals surface area contributed by atoms with Crippen LogP contribution in [-0.2, 0) is 10.0 Å². The van der Waals surface area contributed by atoms with E-state index in [1.165, 1.54) is 6.07 Å². The van der Waals surface area contributed by atoms with Crippen molar-refractivity contribution in [2.45, 2.75) is 11.8 Å². The second-order valence-electron chi connectivity index (χ2n) is 3.11. The summed E-state index contributed by atoms with van der Waals surface area (Å²) in [5, 5.41) is 8.56. The van der Waals surface area contributed by atoms with E-state index in [0.717, 1.165) is 0 Å². The van der Waals surface area contributed by atoms with Crippen LogP contribution in [0.15, 0.2) is 23.1 Å². The van der Waals surface area contributed by atoms with E-state index in [9.17, 15) is 8.42 Å². The van der Waals surface area contributed by atoms with Crippen LogP contribution in [0, 0.1) is 6.92 Å². The summed E-state index contributed by atoms with van der Waals surface area (Å²) in [5.74, 6) is 0. The number of rotatable bonds is 4. The summed E-state index contributed by atoms with van der Waals surface area (Å²) in [5.41, 5.74) is 6.39. The molecule has 1 aromatic carbocycles. The minimum atomic E-state index is -3.62. The highest BCUT2D eigenvalue weighted by molar-refractivity contribution is 7.89. The normalized spacial score (nSPS) is 11.6. The highest BCUT2D eigenvalue weighted by Gasteiger charge is 2.18. The molecule has 84 valence electrons. The molecule has 5 nitrogen and oxygen atoms in total. The average Bonchev–Trinajstić information content (AvgIpc) is 2.14. The highest BCUT2D eigenvalue weighted by Crippen LogP contribution is 2.21. The van der Waals surface area contributed by atoms with Crippen molar-refractivity contribution < 1.29 is 13.5 Å². The van der Waals surface area contributed by atoms with E-state index < -0.39 is 10.0 Å². The van der Waals surface area contributed by atoms with Gasteiger partial charge in [-0.1, -0.05) is 12.1 Å². The fourth-order valence-electron chi connectivity index (χ4n) is 1.29. The summed E-state index contributed by atoms with van der Waals surface area (Å²) in [6.45, 7) is 1.41. The molecule has 4 N–H and O–H groups in total. The number of benzene rings is 1. The maximum Gasteiger partial charge on any atom is 0.242 e. The minimum Gasteiger partial charge on any atom is -0.398 e. The van der Waals surface area contributed by atoms with Crippen molar-refractivity contribution in [3.8, 4) is 0 Å². The van der Waals surface area contributed by atoms with Crippen LogP contribution in [0.1, 0.15) is 5.56 Å². The number of aliphatic hydroxyl groups is 1. The Bertz CT molecular complexity index is 422. The Morgan fingerprint density at radius 2 is 2.13 bits per heavy atom. The van der Waals surface area contributed by atoms with E-state index in [1.54, 1.807) is 19.1 Å². The minimum absolute atomic E-state index is 0.0178. The van der Waals surface area contributed by atoms with Gasteiger partial charge in [-0.05, 0) is 18.6 Å². The Kier molecular flexibility index (Phi) is 3.67. The van der Waals surface area contributed by atoms with Crippen molar-refractivity contribution in [2.75, 3.05) is 18.9 Å². The van der Waals surface area contributed by atoms with Crippen molar-refractivity contribution >= 4 is 15.7 Å².